The number of ketones is 1. The number of nitrogens with zero attached hydrogens (tertiary/aromatic N) is 1. The lowest BCUT2D eigenvalue weighted by molar-refractivity contribution is -0.136. The van der Waals surface area contributed by atoms with Crippen LogP contribution in [0.1, 0.15) is 29.0 Å². The van der Waals surface area contributed by atoms with Crippen LogP contribution in [0.4, 0.5) is 13.2 Å². The second kappa shape index (κ2) is 9.32. The Kier molecular flexibility index (Phi) is 6.77. The molecule has 31 heavy (non-hydrogen) atoms. The Balaban J connectivity index is 1.87. The van der Waals surface area contributed by atoms with Crippen molar-refractivity contribution in [3.63, 3.8) is 0 Å². The maximum absolute atomic E-state index is 14.7. The van der Waals surface area contributed by atoms with Crippen LogP contribution in [0.5, 0.6) is 0 Å². The van der Waals surface area contributed by atoms with Crippen LogP contribution in [0.2, 0.25) is 0 Å². The van der Waals surface area contributed by atoms with Gasteiger partial charge in [-0.05, 0) is 42.3 Å². The average Bonchev–Trinajstić information content (AvgIpc) is 2.98. The first-order valence-corrected chi connectivity index (χ1v) is 9.90. The summed E-state index contributed by atoms with van der Waals surface area (Å²) in [5, 5.41) is 2.41. The molecule has 0 spiro atoms. The quantitative estimate of drug-likeness (QED) is 0.732. The largest absolute Gasteiger partial charge is 0.358 e. The molecule has 2 aromatic carbocycles. The number of hydrogen-bond donors (Lipinski definition) is 1. The molecule has 2 atom stereocenters. The summed E-state index contributed by atoms with van der Waals surface area (Å²) in [5.41, 5.74) is 0.718. The number of nitrogens with one attached hydrogen (secondary N) is 1. The van der Waals surface area contributed by atoms with Crippen LogP contribution in [0.25, 0.3) is 0 Å². The monoisotopic (exact) mass is 432 g/mol. The van der Waals surface area contributed by atoms with Gasteiger partial charge in [-0.15, -0.1) is 0 Å². The number of likely N-dealkylation sites (tertiary alicyclic amines) is 1. The third-order valence-corrected chi connectivity index (χ3v) is 5.50. The number of Topliss-reactive ketones (excluding diaryl/α,β-unsaturated/α-hetero) is 1. The van der Waals surface area contributed by atoms with Crippen LogP contribution in [-0.2, 0) is 20.8 Å². The predicted octanol–water partition coefficient (Wildman–Crippen LogP) is 2.90. The topological polar surface area (TPSA) is 66.5 Å². The number of halogens is 3. The maximum Gasteiger partial charge on any atom is 0.239 e. The summed E-state index contributed by atoms with van der Waals surface area (Å²) in [6, 6.07) is 7.77. The van der Waals surface area contributed by atoms with E-state index in [1.165, 1.54) is 48.3 Å². The Morgan fingerprint density at radius 1 is 1.10 bits per heavy atom. The fraction of sp³-hybridized carbons (Fsp3) is 0.348. The first-order chi connectivity index (χ1) is 14.7. The van der Waals surface area contributed by atoms with Crippen LogP contribution >= 0.6 is 0 Å². The zero-order valence-electron chi connectivity index (χ0n) is 17.3. The molecule has 1 N–H and O–H groups in total. The molecule has 2 aromatic rings. The number of hydrogen-bond acceptors (Lipinski definition) is 3. The SMILES string of the molecule is CNC(=O)CN1C[C@@H](c2c(F)cc(C)cc2F)[C@H](CC(=O)Cc2ccc(F)cc2)C1=O. The highest BCUT2D eigenvalue weighted by Crippen LogP contribution is 2.39. The van der Waals surface area contributed by atoms with Gasteiger partial charge in [0.15, 0.2) is 0 Å². The van der Waals surface area contributed by atoms with E-state index in [4.69, 9.17) is 0 Å². The molecule has 0 aromatic heterocycles. The van der Waals surface area contributed by atoms with E-state index in [-0.39, 0.29) is 37.3 Å². The zero-order valence-corrected chi connectivity index (χ0v) is 17.3. The van der Waals surface area contributed by atoms with Gasteiger partial charge in [-0.3, -0.25) is 14.4 Å². The summed E-state index contributed by atoms with van der Waals surface area (Å²) < 4.78 is 42.4. The Hall–Kier alpha value is -3.16. The molecule has 1 fully saturated rings. The highest BCUT2D eigenvalue weighted by Gasteiger charge is 2.44. The summed E-state index contributed by atoms with van der Waals surface area (Å²) >= 11 is 0. The third-order valence-electron chi connectivity index (χ3n) is 5.50. The van der Waals surface area contributed by atoms with Gasteiger partial charge in [-0.25, -0.2) is 13.2 Å². The predicted molar refractivity (Wildman–Crippen MR) is 108 cm³/mol. The molecule has 8 heteroatoms. The second-order valence-electron chi connectivity index (χ2n) is 7.79. The molecule has 5 nitrogen and oxygen atoms in total. The van der Waals surface area contributed by atoms with E-state index < -0.39 is 41.1 Å². The van der Waals surface area contributed by atoms with Gasteiger partial charge in [0.2, 0.25) is 11.8 Å². The summed E-state index contributed by atoms with van der Waals surface area (Å²) in [5.74, 6) is -5.14. The Bertz CT molecular complexity index is 985. The van der Waals surface area contributed by atoms with Gasteiger partial charge >= 0.3 is 0 Å². The van der Waals surface area contributed by atoms with Crippen molar-refractivity contribution in [2.45, 2.75) is 25.7 Å². The summed E-state index contributed by atoms with van der Waals surface area (Å²) in [4.78, 5) is 38.6. The van der Waals surface area contributed by atoms with Crippen LogP contribution in [0, 0.1) is 30.3 Å². The lowest BCUT2D eigenvalue weighted by Crippen LogP contribution is -2.37. The van der Waals surface area contributed by atoms with Crippen LogP contribution in [0.15, 0.2) is 36.4 Å². The van der Waals surface area contributed by atoms with Crippen molar-refractivity contribution in [1.29, 1.82) is 0 Å². The molecule has 2 amide bonds. The molecule has 0 saturated carbocycles. The number of benzene rings is 2. The molecule has 1 aliphatic rings. The highest BCUT2D eigenvalue weighted by molar-refractivity contribution is 5.92. The van der Waals surface area contributed by atoms with Crippen LogP contribution in [-0.4, -0.2) is 42.6 Å². The number of rotatable bonds is 7. The van der Waals surface area contributed by atoms with Crippen molar-refractivity contribution in [3.05, 3.63) is 70.5 Å². The first-order valence-electron chi connectivity index (χ1n) is 9.90. The van der Waals surface area contributed by atoms with Gasteiger partial charge in [-0.2, -0.15) is 0 Å². The fourth-order valence-electron chi connectivity index (χ4n) is 3.99. The third kappa shape index (κ3) is 5.13. The minimum Gasteiger partial charge on any atom is -0.358 e. The van der Waals surface area contributed by atoms with Gasteiger partial charge in [0.1, 0.15) is 23.2 Å². The van der Waals surface area contributed by atoms with Gasteiger partial charge in [0, 0.05) is 37.9 Å². The fourth-order valence-corrected chi connectivity index (χ4v) is 3.99. The molecule has 1 saturated heterocycles. The second-order valence-corrected chi connectivity index (χ2v) is 7.79. The molecular weight excluding hydrogens is 409 g/mol. The summed E-state index contributed by atoms with van der Waals surface area (Å²) in [6.07, 6.45) is -0.275. The van der Waals surface area contributed by atoms with Crippen molar-refractivity contribution in [2.24, 2.45) is 5.92 Å². The Morgan fingerprint density at radius 2 is 1.71 bits per heavy atom. The molecule has 1 aliphatic heterocycles. The van der Waals surface area contributed by atoms with E-state index in [0.717, 1.165) is 0 Å². The van der Waals surface area contributed by atoms with E-state index in [9.17, 15) is 27.6 Å². The Labute approximate surface area is 178 Å². The molecule has 1 heterocycles. The minimum absolute atomic E-state index is 0.0366. The van der Waals surface area contributed by atoms with Crippen molar-refractivity contribution in [2.75, 3.05) is 20.1 Å². The highest BCUT2D eigenvalue weighted by atomic mass is 19.1. The van der Waals surface area contributed by atoms with Crippen molar-refractivity contribution in [3.8, 4) is 0 Å². The Morgan fingerprint density at radius 3 is 2.29 bits per heavy atom. The number of carbonyl (C=O) groups excluding carboxylic acids is 3. The van der Waals surface area contributed by atoms with Crippen molar-refractivity contribution in [1.82, 2.24) is 10.2 Å². The summed E-state index contributed by atoms with van der Waals surface area (Å²) in [6.45, 7) is 1.22. The van der Waals surface area contributed by atoms with Gasteiger partial charge < -0.3 is 10.2 Å². The molecule has 0 aliphatic carbocycles. The smallest absolute Gasteiger partial charge is 0.239 e. The normalized spacial score (nSPS) is 18.4. The summed E-state index contributed by atoms with van der Waals surface area (Å²) in [7, 11) is 1.42. The molecule has 0 bridgehead atoms. The van der Waals surface area contributed by atoms with E-state index in [2.05, 4.69) is 5.32 Å². The average molecular weight is 432 g/mol. The van der Waals surface area contributed by atoms with E-state index in [1.807, 2.05) is 0 Å². The van der Waals surface area contributed by atoms with Crippen molar-refractivity contribution >= 4 is 17.6 Å². The van der Waals surface area contributed by atoms with Crippen molar-refractivity contribution < 1.29 is 27.6 Å². The molecule has 164 valence electrons. The number of carbonyl (C=O) groups is 3. The molecular formula is C23H23F3N2O3. The zero-order chi connectivity index (χ0) is 22.7. The number of likely N-dealkylation sites (N-methyl/N-ethyl adjacent to an activating group) is 1. The maximum atomic E-state index is 14.7. The van der Waals surface area contributed by atoms with E-state index in [0.29, 0.717) is 11.1 Å². The lowest BCUT2D eigenvalue weighted by Gasteiger charge is -2.18. The lowest BCUT2D eigenvalue weighted by atomic mass is 9.83. The van der Waals surface area contributed by atoms with Gasteiger partial charge in [0.25, 0.3) is 0 Å². The molecule has 0 radical (unpaired) electrons. The van der Waals surface area contributed by atoms with Gasteiger partial charge in [0.05, 0.1) is 12.5 Å². The molecule has 0 unspecified atom stereocenters. The van der Waals surface area contributed by atoms with Crippen LogP contribution < -0.4 is 5.32 Å². The van der Waals surface area contributed by atoms with E-state index in [1.54, 1.807) is 6.92 Å². The number of aryl methyl sites for hydroxylation is 1. The standard InChI is InChI=1S/C23H23F3N2O3/c1-13-7-19(25)22(20(26)8-13)18-11-28(12-21(30)27-2)23(31)17(18)10-16(29)9-14-3-5-15(24)6-4-14/h3-8,17-18H,9-12H2,1-2H3,(H,27,30)/t17-,18+/m0/s1. The first kappa shape index (κ1) is 22.5. The van der Waals surface area contributed by atoms with Gasteiger partial charge in [-0.1, -0.05) is 12.1 Å². The van der Waals surface area contributed by atoms with E-state index >= 15 is 0 Å². The number of amides is 2. The molecule has 3 rings (SSSR count). The van der Waals surface area contributed by atoms with Crippen LogP contribution in [0.3, 0.4) is 0 Å². The minimum atomic E-state index is -0.996.